The zero-order chi connectivity index (χ0) is 9.23. The molecule has 0 aromatic rings. The van der Waals surface area contributed by atoms with E-state index in [0.717, 1.165) is 12.8 Å². The van der Waals surface area contributed by atoms with Crippen molar-refractivity contribution >= 4 is 29.7 Å². The van der Waals surface area contributed by atoms with Gasteiger partial charge in [-0.25, -0.2) is 0 Å². The Bertz CT molecular complexity index is 113. The molecule has 0 unspecified atom stereocenters. The molecule has 0 rings (SSSR count). The summed E-state index contributed by atoms with van der Waals surface area (Å²) in [6, 6.07) is 0. The summed E-state index contributed by atoms with van der Waals surface area (Å²) >= 11 is 0. The fraction of sp³-hybridized carbons (Fsp3) is 0.909. The van der Waals surface area contributed by atoms with Gasteiger partial charge in [0.2, 0.25) is 0 Å². The smallest absolute Gasteiger partial charge is 0.129 e. The molecule has 0 saturated heterocycles. The summed E-state index contributed by atoms with van der Waals surface area (Å²) in [4.78, 5) is 10.6. The first-order valence-corrected chi connectivity index (χ1v) is 5.26. The third kappa shape index (κ3) is 15.2. The van der Waals surface area contributed by atoms with E-state index in [4.69, 9.17) is 0 Å². The fourth-order valence-corrected chi connectivity index (χ4v) is 1.33. The van der Waals surface area contributed by atoms with Gasteiger partial charge in [0.15, 0.2) is 0 Å². The van der Waals surface area contributed by atoms with Gasteiger partial charge in [-0.3, -0.25) is 0 Å². The summed E-state index contributed by atoms with van der Waals surface area (Å²) in [6.45, 7) is 3.91. The van der Waals surface area contributed by atoms with Gasteiger partial charge in [0.1, 0.15) is 5.78 Å². The Labute approximate surface area is 99.6 Å². The number of hydrogen-bond acceptors (Lipinski definition) is 1. The number of rotatable bonds is 8. The maximum Gasteiger partial charge on any atom is 0.129 e. The number of hydrogen-bond donors (Lipinski definition) is 0. The Morgan fingerprint density at radius 3 is 1.85 bits per heavy atom. The average molecular weight is 289 g/mol. The molecule has 0 bridgehead atoms. The molecule has 76 valence electrons. The number of Topliss-reactive ketones (excluding diaryl/α,β-unsaturated/α-hetero) is 1. The molecular formula is C11H22OSn. The molecule has 0 spiro atoms. The number of carbonyl (C=O) groups is 1. The summed E-state index contributed by atoms with van der Waals surface area (Å²) in [7, 11) is 0. The molecule has 0 amide bonds. The number of ketones is 1. The second-order valence-corrected chi connectivity index (χ2v) is 3.57. The largest absolute Gasteiger partial charge is 0.300 e. The minimum atomic E-state index is 0. The van der Waals surface area contributed by atoms with Crippen LogP contribution in [0, 0.1) is 0 Å². The minimum absolute atomic E-state index is 0. The fourth-order valence-electron chi connectivity index (χ4n) is 1.33. The van der Waals surface area contributed by atoms with Gasteiger partial charge in [-0.2, -0.15) is 0 Å². The molecule has 0 aromatic carbocycles. The molecule has 0 fully saturated rings. The Balaban J connectivity index is 0. The second-order valence-electron chi connectivity index (χ2n) is 3.57. The first kappa shape index (κ1) is 15.9. The zero-order valence-corrected chi connectivity index (χ0v) is 11.9. The predicted octanol–water partition coefficient (Wildman–Crippen LogP) is 3.34. The first-order chi connectivity index (χ1) is 5.77. The van der Waals surface area contributed by atoms with E-state index in [2.05, 4.69) is 6.92 Å². The van der Waals surface area contributed by atoms with Gasteiger partial charge in [-0.1, -0.05) is 45.4 Å². The maximum absolute atomic E-state index is 10.6. The van der Waals surface area contributed by atoms with Crippen molar-refractivity contribution in [3.63, 3.8) is 0 Å². The van der Waals surface area contributed by atoms with Gasteiger partial charge >= 0.3 is 0 Å². The topological polar surface area (TPSA) is 17.1 Å². The molecule has 2 heteroatoms. The molecule has 0 heterocycles. The molecule has 4 radical (unpaired) electrons. The van der Waals surface area contributed by atoms with Crippen LogP contribution < -0.4 is 0 Å². The van der Waals surface area contributed by atoms with Crippen LogP contribution in [-0.4, -0.2) is 29.7 Å². The van der Waals surface area contributed by atoms with Crippen LogP contribution in [-0.2, 0) is 4.79 Å². The van der Waals surface area contributed by atoms with Crippen LogP contribution in [0.3, 0.4) is 0 Å². The quantitative estimate of drug-likeness (QED) is 0.495. The van der Waals surface area contributed by atoms with Crippen LogP contribution in [0.2, 0.25) is 0 Å². The average Bonchev–Trinajstić information content (AvgIpc) is 2.02. The van der Waals surface area contributed by atoms with Crippen molar-refractivity contribution in [3.05, 3.63) is 0 Å². The van der Waals surface area contributed by atoms with Crippen LogP contribution in [0.1, 0.15) is 65.2 Å². The molecule has 1 nitrogen and oxygen atoms in total. The van der Waals surface area contributed by atoms with Crippen molar-refractivity contribution < 1.29 is 4.79 Å². The van der Waals surface area contributed by atoms with Gasteiger partial charge in [0, 0.05) is 30.3 Å². The SMILES string of the molecule is CCCCCCCCCC(C)=O.[Sn]. The molecule has 0 aliphatic carbocycles. The summed E-state index contributed by atoms with van der Waals surface area (Å²) < 4.78 is 0. The summed E-state index contributed by atoms with van der Waals surface area (Å²) in [6.07, 6.45) is 9.84. The molecule has 13 heavy (non-hydrogen) atoms. The molecule has 0 N–H and O–H groups in total. The molecular weight excluding hydrogens is 267 g/mol. The summed E-state index contributed by atoms with van der Waals surface area (Å²) in [5.41, 5.74) is 0. The number of unbranched alkanes of at least 4 members (excludes halogenated alkanes) is 6. The third-order valence-corrected chi connectivity index (χ3v) is 2.13. The van der Waals surface area contributed by atoms with Gasteiger partial charge in [-0.15, -0.1) is 0 Å². The Hall–Kier alpha value is 0.469. The Morgan fingerprint density at radius 1 is 0.923 bits per heavy atom. The summed E-state index contributed by atoms with van der Waals surface area (Å²) in [5.74, 6) is 0.337. The molecule has 0 aliphatic rings. The van der Waals surface area contributed by atoms with Crippen molar-refractivity contribution in [1.29, 1.82) is 0 Å². The van der Waals surface area contributed by atoms with Crippen molar-refractivity contribution in [1.82, 2.24) is 0 Å². The van der Waals surface area contributed by atoms with Crippen LogP contribution in [0.4, 0.5) is 0 Å². The molecule has 0 atom stereocenters. The molecule has 0 saturated carbocycles. The van der Waals surface area contributed by atoms with E-state index < -0.39 is 0 Å². The van der Waals surface area contributed by atoms with E-state index >= 15 is 0 Å². The van der Waals surface area contributed by atoms with E-state index in [9.17, 15) is 4.79 Å². The first-order valence-electron chi connectivity index (χ1n) is 5.26. The van der Waals surface area contributed by atoms with E-state index in [1.165, 1.54) is 38.5 Å². The van der Waals surface area contributed by atoms with Crippen LogP contribution in [0.5, 0.6) is 0 Å². The van der Waals surface area contributed by atoms with E-state index in [1.54, 1.807) is 6.92 Å². The van der Waals surface area contributed by atoms with Gasteiger partial charge < -0.3 is 4.79 Å². The van der Waals surface area contributed by atoms with E-state index in [1.807, 2.05) is 0 Å². The van der Waals surface area contributed by atoms with Crippen molar-refractivity contribution in [3.8, 4) is 0 Å². The van der Waals surface area contributed by atoms with Gasteiger partial charge in [-0.05, 0) is 13.3 Å². The van der Waals surface area contributed by atoms with Crippen molar-refractivity contribution in [2.75, 3.05) is 0 Å². The molecule has 0 aliphatic heterocycles. The van der Waals surface area contributed by atoms with Gasteiger partial charge in [0.05, 0.1) is 0 Å². The monoisotopic (exact) mass is 290 g/mol. The van der Waals surface area contributed by atoms with E-state index in [-0.39, 0.29) is 23.9 Å². The predicted molar refractivity (Wildman–Crippen MR) is 59.0 cm³/mol. The third-order valence-electron chi connectivity index (χ3n) is 2.13. The summed E-state index contributed by atoms with van der Waals surface area (Å²) in [5, 5.41) is 0. The van der Waals surface area contributed by atoms with Crippen molar-refractivity contribution in [2.45, 2.75) is 65.2 Å². The normalized spacial score (nSPS) is 9.38. The van der Waals surface area contributed by atoms with Crippen LogP contribution in [0.25, 0.3) is 0 Å². The van der Waals surface area contributed by atoms with Crippen molar-refractivity contribution in [2.24, 2.45) is 0 Å². The maximum atomic E-state index is 10.6. The van der Waals surface area contributed by atoms with Gasteiger partial charge in [0.25, 0.3) is 0 Å². The Kier molecular flexibility index (Phi) is 15.3. The molecule has 0 aromatic heterocycles. The standard InChI is InChI=1S/C11H22O.Sn/c1-3-4-5-6-7-8-9-10-11(2)12;/h3-10H2,1-2H3;. The van der Waals surface area contributed by atoms with E-state index in [0.29, 0.717) is 5.78 Å². The second kappa shape index (κ2) is 12.5. The van der Waals surface area contributed by atoms with Crippen LogP contribution >= 0.6 is 0 Å². The zero-order valence-electron chi connectivity index (χ0n) is 9.07. The Morgan fingerprint density at radius 2 is 1.38 bits per heavy atom. The number of carbonyl (C=O) groups excluding carboxylic acids is 1. The minimum Gasteiger partial charge on any atom is -0.300 e. The van der Waals surface area contributed by atoms with Crippen LogP contribution in [0.15, 0.2) is 0 Å².